The third-order valence-corrected chi connectivity index (χ3v) is 4.58. The third-order valence-electron chi connectivity index (χ3n) is 4.58. The van der Waals surface area contributed by atoms with E-state index < -0.39 is 0 Å². The highest BCUT2D eigenvalue weighted by Crippen LogP contribution is 2.18. The molecule has 30 heavy (non-hydrogen) atoms. The first-order valence-electron chi connectivity index (χ1n) is 9.76. The number of aromatic nitrogens is 3. The zero-order chi connectivity index (χ0) is 20.6. The standard InChI is InChI=1S/C23H22N6O/c30-23(15-18-7-3-6-17-5-1-2-9-20(17)18)26-14-13-25-21-10-11-22(29-28-21)27-19-8-4-12-24-16-19/h1-12,16H,13-15H2,(H,25,28)(H,26,30)(H,27,29). The summed E-state index contributed by atoms with van der Waals surface area (Å²) in [5.74, 6) is 1.28. The van der Waals surface area contributed by atoms with Gasteiger partial charge in [-0.2, -0.15) is 0 Å². The Morgan fingerprint density at radius 2 is 1.67 bits per heavy atom. The molecule has 0 bridgehead atoms. The molecule has 7 nitrogen and oxygen atoms in total. The highest BCUT2D eigenvalue weighted by Gasteiger charge is 2.06. The number of nitrogens with one attached hydrogen (secondary N) is 3. The summed E-state index contributed by atoms with van der Waals surface area (Å²) in [4.78, 5) is 16.4. The van der Waals surface area contributed by atoms with Crippen LogP contribution in [0, 0.1) is 0 Å². The van der Waals surface area contributed by atoms with Gasteiger partial charge in [-0.05, 0) is 40.6 Å². The van der Waals surface area contributed by atoms with Crippen molar-refractivity contribution >= 4 is 34.0 Å². The summed E-state index contributed by atoms with van der Waals surface area (Å²) >= 11 is 0. The maximum absolute atomic E-state index is 12.3. The number of hydrogen-bond acceptors (Lipinski definition) is 6. The number of pyridine rings is 1. The monoisotopic (exact) mass is 398 g/mol. The number of carbonyl (C=O) groups excluding carboxylic acids is 1. The number of benzene rings is 2. The molecule has 3 N–H and O–H groups in total. The molecule has 1 amide bonds. The Hall–Kier alpha value is -4.00. The van der Waals surface area contributed by atoms with E-state index >= 15 is 0 Å². The van der Waals surface area contributed by atoms with Gasteiger partial charge in [0.05, 0.1) is 18.3 Å². The molecule has 0 aliphatic rings. The number of anilines is 3. The van der Waals surface area contributed by atoms with Crippen molar-refractivity contribution in [2.75, 3.05) is 23.7 Å². The minimum atomic E-state index is -0.00439. The molecule has 0 atom stereocenters. The van der Waals surface area contributed by atoms with Crippen LogP contribution in [0.5, 0.6) is 0 Å². The molecule has 4 aromatic rings. The summed E-state index contributed by atoms with van der Waals surface area (Å²) in [6.07, 6.45) is 3.79. The van der Waals surface area contributed by atoms with E-state index in [1.54, 1.807) is 12.4 Å². The van der Waals surface area contributed by atoms with Crippen LogP contribution in [0.3, 0.4) is 0 Å². The lowest BCUT2D eigenvalue weighted by Gasteiger charge is -2.09. The van der Waals surface area contributed by atoms with Gasteiger partial charge >= 0.3 is 0 Å². The zero-order valence-corrected chi connectivity index (χ0v) is 16.4. The van der Waals surface area contributed by atoms with Gasteiger partial charge in [0.1, 0.15) is 5.82 Å². The molecule has 0 spiro atoms. The van der Waals surface area contributed by atoms with E-state index in [-0.39, 0.29) is 5.91 Å². The molecular weight excluding hydrogens is 376 g/mol. The molecule has 0 unspecified atom stereocenters. The number of hydrogen-bond donors (Lipinski definition) is 3. The number of rotatable bonds is 8. The molecule has 0 aliphatic carbocycles. The van der Waals surface area contributed by atoms with E-state index in [2.05, 4.69) is 43.3 Å². The lowest BCUT2D eigenvalue weighted by Crippen LogP contribution is -2.30. The van der Waals surface area contributed by atoms with Crippen molar-refractivity contribution in [1.29, 1.82) is 0 Å². The van der Waals surface area contributed by atoms with Crippen LogP contribution >= 0.6 is 0 Å². The van der Waals surface area contributed by atoms with Gasteiger partial charge in [-0.3, -0.25) is 9.78 Å². The van der Waals surface area contributed by atoms with Crippen molar-refractivity contribution in [2.24, 2.45) is 0 Å². The maximum Gasteiger partial charge on any atom is 0.224 e. The summed E-state index contributed by atoms with van der Waals surface area (Å²) in [5.41, 5.74) is 1.88. The Balaban J connectivity index is 1.22. The first kappa shape index (κ1) is 19.3. The fourth-order valence-electron chi connectivity index (χ4n) is 3.15. The summed E-state index contributed by atoms with van der Waals surface area (Å²) in [7, 11) is 0. The van der Waals surface area contributed by atoms with Crippen molar-refractivity contribution < 1.29 is 4.79 Å². The summed E-state index contributed by atoms with van der Waals surface area (Å²) in [6, 6.07) is 21.6. The van der Waals surface area contributed by atoms with E-state index in [0.29, 0.717) is 31.1 Å². The SMILES string of the molecule is O=C(Cc1cccc2ccccc12)NCCNc1ccc(Nc2cccnc2)nn1. The van der Waals surface area contributed by atoms with Crippen molar-refractivity contribution in [1.82, 2.24) is 20.5 Å². The lowest BCUT2D eigenvalue weighted by molar-refractivity contribution is -0.120. The Morgan fingerprint density at radius 1 is 0.833 bits per heavy atom. The van der Waals surface area contributed by atoms with Gasteiger partial charge in [0, 0.05) is 19.3 Å². The molecule has 0 aliphatic heterocycles. The van der Waals surface area contributed by atoms with Gasteiger partial charge in [-0.25, -0.2) is 0 Å². The van der Waals surface area contributed by atoms with Crippen molar-refractivity contribution in [3.8, 4) is 0 Å². The Bertz CT molecular complexity index is 1110. The van der Waals surface area contributed by atoms with Gasteiger partial charge in [-0.1, -0.05) is 42.5 Å². The van der Waals surface area contributed by atoms with Crippen LogP contribution in [0.2, 0.25) is 0 Å². The molecule has 0 radical (unpaired) electrons. The van der Waals surface area contributed by atoms with Gasteiger partial charge < -0.3 is 16.0 Å². The smallest absolute Gasteiger partial charge is 0.224 e. The highest BCUT2D eigenvalue weighted by atomic mass is 16.1. The van der Waals surface area contributed by atoms with Crippen LogP contribution in [0.4, 0.5) is 17.3 Å². The summed E-state index contributed by atoms with van der Waals surface area (Å²) in [5, 5.41) is 19.8. The Labute approximate surface area is 174 Å². The minimum absolute atomic E-state index is 0.00439. The Morgan fingerprint density at radius 3 is 2.50 bits per heavy atom. The molecule has 2 heterocycles. The average Bonchev–Trinajstić information content (AvgIpc) is 2.79. The zero-order valence-electron chi connectivity index (χ0n) is 16.4. The van der Waals surface area contributed by atoms with Gasteiger partial charge in [0.2, 0.25) is 5.91 Å². The van der Waals surface area contributed by atoms with Crippen LogP contribution in [-0.4, -0.2) is 34.2 Å². The van der Waals surface area contributed by atoms with Gasteiger partial charge in [0.25, 0.3) is 0 Å². The van der Waals surface area contributed by atoms with Crippen LogP contribution in [0.1, 0.15) is 5.56 Å². The van der Waals surface area contributed by atoms with Crippen molar-refractivity contribution in [3.05, 3.63) is 84.7 Å². The fraction of sp³-hybridized carbons (Fsp3) is 0.130. The van der Waals surface area contributed by atoms with Crippen LogP contribution in [0.25, 0.3) is 10.8 Å². The molecule has 0 saturated heterocycles. The Kier molecular flexibility index (Phi) is 6.10. The normalized spacial score (nSPS) is 10.5. The molecule has 4 rings (SSSR count). The predicted molar refractivity (Wildman–Crippen MR) is 119 cm³/mol. The van der Waals surface area contributed by atoms with E-state index in [4.69, 9.17) is 0 Å². The van der Waals surface area contributed by atoms with E-state index in [0.717, 1.165) is 22.0 Å². The van der Waals surface area contributed by atoms with Crippen LogP contribution < -0.4 is 16.0 Å². The van der Waals surface area contributed by atoms with Gasteiger partial charge in [0.15, 0.2) is 5.82 Å². The average molecular weight is 398 g/mol. The quantitative estimate of drug-likeness (QED) is 0.393. The molecule has 150 valence electrons. The fourth-order valence-corrected chi connectivity index (χ4v) is 3.15. The number of nitrogens with zero attached hydrogens (tertiary/aromatic N) is 3. The minimum Gasteiger partial charge on any atom is -0.367 e. The van der Waals surface area contributed by atoms with Crippen LogP contribution in [0.15, 0.2) is 79.1 Å². The molecular formula is C23H22N6O. The molecule has 7 heteroatoms. The predicted octanol–water partition coefficient (Wildman–Crippen LogP) is 3.54. The van der Waals surface area contributed by atoms with E-state index in [9.17, 15) is 4.79 Å². The first-order chi connectivity index (χ1) is 14.8. The number of carbonyl (C=O) groups is 1. The van der Waals surface area contributed by atoms with Gasteiger partial charge in [-0.15, -0.1) is 10.2 Å². The lowest BCUT2D eigenvalue weighted by atomic mass is 10.0. The second-order valence-corrected chi connectivity index (χ2v) is 6.76. The van der Waals surface area contributed by atoms with E-state index in [1.165, 1.54) is 0 Å². The second-order valence-electron chi connectivity index (χ2n) is 6.76. The molecule has 0 saturated carbocycles. The largest absolute Gasteiger partial charge is 0.367 e. The molecule has 2 aromatic carbocycles. The van der Waals surface area contributed by atoms with Crippen LogP contribution in [-0.2, 0) is 11.2 Å². The summed E-state index contributed by atoms with van der Waals surface area (Å²) in [6.45, 7) is 1.06. The summed E-state index contributed by atoms with van der Waals surface area (Å²) < 4.78 is 0. The highest BCUT2D eigenvalue weighted by molar-refractivity contribution is 5.90. The second kappa shape index (κ2) is 9.47. The number of fused-ring (bicyclic) bond motifs is 1. The van der Waals surface area contributed by atoms with Crippen molar-refractivity contribution in [3.63, 3.8) is 0 Å². The third kappa shape index (κ3) is 5.08. The van der Waals surface area contributed by atoms with Crippen molar-refractivity contribution in [2.45, 2.75) is 6.42 Å². The first-order valence-corrected chi connectivity index (χ1v) is 9.76. The molecule has 2 aromatic heterocycles. The van der Waals surface area contributed by atoms with E-state index in [1.807, 2.05) is 54.6 Å². The topological polar surface area (TPSA) is 91.8 Å². The molecule has 0 fully saturated rings. The maximum atomic E-state index is 12.3. The number of amides is 1.